The zero-order chi connectivity index (χ0) is 13.4. The van der Waals surface area contributed by atoms with Gasteiger partial charge >= 0.3 is 0 Å². The fraction of sp³-hybridized carbons (Fsp3) is 0.714. The van der Waals surface area contributed by atoms with Gasteiger partial charge in [0.2, 0.25) is 0 Å². The Morgan fingerprint density at radius 1 is 1.44 bits per heavy atom. The van der Waals surface area contributed by atoms with Crippen LogP contribution in [0, 0.1) is 0 Å². The minimum atomic E-state index is -0.489. The molecule has 1 unspecified atom stereocenters. The molecule has 1 rings (SSSR count). The molecule has 0 spiro atoms. The number of β-amino-alcohol motifs (C(OH)–C–C–N with tert-alkyl or cyclic N) is 1. The molecule has 0 fully saturated rings. The van der Waals surface area contributed by atoms with E-state index >= 15 is 0 Å². The maximum atomic E-state index is 9.81. The summed E-state index contributed by atoms with van der Waals surface area (Å²) < 4.78 is 10.5. The number of ether oxygens (including phenoxy) is 1. The molecule has 104 valence electrons. The first-order valence-electron chi connectivity index (χ1n) is 6.63. The van der Waals surface area contributed by atoms with Crippen LogP contribution in [0.15, 0.2) is 22.8 Å². The van der Waals surface area contributed by atoms with Crippen molar-refractivity contribution in [3.05, 3.63) is 24.2 Å². The first kappa shape index (κ1) is 15.2. The van der Waals surface area contributed by atoms with Gasteiger partial charge in [-0.25, -0.2) is 0 Å². The molecule has 0 saturated heterocycles. The number of aliphatic hydroxyl groups excluding tert-OH is 1. The Hall–Kier alpha value is -0.840. The van der Waals surface area contributed by atoms with Crippen molar-refractivity contribution < 1.29 is 14.3 Å². The Kier molecular flexibility index (Phi) is 6.39. The molecule has 4 nitrogen and oxygen atoms in total. The molecule has 1 aromatic rings. The molecule has 0 saturated carbocycles. The lowest BCUT2D eigenvalue weighted by atomic mass is 9.95. The predicted octanol–water partition coefficient (Wildman–Crippen LogP) is 2.33. The molecule has 0 amide bonds. The minimum absolute atomic E-state index is 0.0992. The molecule has 0 aliphatic heterocycles. The van der Waals surface area contributed by atoms with Crippen molar-refractivity contribution in [2.45, 2.75) is 51.9 Å². The molecule has 18 heavy (non-hydrogen) atoms. The van der Waals surface area contributed by atoms with E-state index in [1.165, 1.54) is 0 Å². The first-order valence-corrected chi connectivity index (χ1v) is 6.63. The summed E-state index contributed by atoms with van der Waals surface area (Å²) >= 11 is 0. The first-order chi connectivity index (χ1) is 8.59. The number of hydrogen-bond donors (Lipinski definition) is 2. The summed E-state index contributed by atoms with van der Waals surface area (Å²) in [4.78, 5) is 0. The van der Waals surface area contributed by atoms with Gasteiger partial charge in [0.15, 0.2) is 0 Å². The van der Waals surface area contributed by atoms with Crippen LogP contribution in [0.25, 0.3) is 0 Å². The number of nitrogens with one attached hydrogen (secondary N) is 1. The highest BCUT2D eigenvalue weighted by molar-refractivity contribution is 4.96. The van der Waals surface area contributed by atoms with Gasteiger partial charge in [-0.1, -0.05) is 13.8 Å². The van der Waals surface area contributed by atoms with E-state index in [1.54, 1.807) is 6.26 Å². The zero-order valence-electron chi connectivity index (χ0n) is 11.6. The second kappa shape index (κ2) is 7.56. The normalized spacial score (nSPS) is 13.8. The van der Waals surface area contributed by atoms with Crippen molar-refractivity contribution in [2.75, 3.05) is 13.2 Å². The van der Waals surface area contributed by atoms with Gasteiger partial charge in [0, 0.05) is 12.1 Å². The zero-order valence-corrected chi connectivity index (χ0v) is 11.6. The van der Waals surface area contributed by atoms with Crippen molar-refractivity contribution in [1.82, 2.24) is 5.32 Å². The maximum absolute atomic E-state index is 9.81. The van der Waals surface area contributed by atoms with E-state index in [-0.39, 0.29) is 5.54 Å². The highest BCUT2D eigenvalue weighted by Gasteiger charge is 2.19. The Morgan fingerprint density at radius 2 is 2.17 bits per heavy atom. The van der Waals surface area contributed by atoms with E-state index in [4.69, 9.17) is 9.15 Å². The van der Waals surface area contributed by atoms with Gasteiger partial charge in [-0.3, -0.25) is 0 Å². The van der Waals surface area contributed by atoms with E-state index in [1.807, 2.05) is 12.1 Å². The fourth-order valence-corrected chi connectivity index (χ4v) is 1.61. The third kappa shape index (κ3) is 5.21. The maximum Gasteiger partial charge on any atom is 0.129 e. The number of aliphatic hydroxyl groups is 1. The van der Waals surface area contributed by atoms with Gasteiger partial charge in [0.1, 0.15) is 12.4 Å². The Balaban J connectivity index is 2.15. The summed E-state index contributed by atoms with van der Waals surface area (Å²) in [5.74, 6) is 0.780. The van der Waals surface area contributed by atoms with Crippen LogP contribution < -0.4 is 5.32 Å². The summed E-state index contributed by atoms with van der Waals surface area (Å²) in [7, 11) is 0. The average Bonchev–Trinajstić information content (AvgIpc) is 2.89. The van der Waals surface area contributed by atoms with E-state index in [9.17, 15) is 5.11 Å². The topological polar surface area (TPSA) is 54.6 Å². The summed E-state index contributed by atoms with van der Waals surface area (Å²) in [6.45, 7) is 7.74. The predicted molar refractivity (Wildman–Crippen MR) is 71.4 cm³/mol. The fourth-order valence-electron chi connectivity index (χ4n) is 1.61. The molecule has 4 heteroatoms. The van der Waals surface area contributed by atoms with Crippen molar-refractivity contribution in [3.63, 3.8) is 0 Å². The van der Waals surface area contributed by atoms with E-state index < -0.39 is 6.10 Å². The Labute approximate surface area is 109 Å². The molecule has 1 heterocycles. The lowest BCUT2D eigenvalue weighted by molar-refractivity contribution is 0.0191. The van der Waals surface area contributed by atoms with Gasteiger partial charge in [0.25, 0.3) is 0 Å². The standard InChI is InChI=1S/C14H25NO3/c1-4-14(3,5-2)15-9-12(16)10-17-11-13-7-6-8-18-13/h6-8,12,15-16H,4-5,9-11H2,1-3H3. The molecular formula is C14H25NO3. The third-order valence-corrected chi connectivity index (χ3v) is 3.46. The van der Waals surface area contributed by atoms with Crippen molar-refractivity contribution in [1.29, 1.82) is 0 Å². The van der Waals surface area contributed by atoms with Crippen LogP contribution in [0.4, 0.5) is 0 Å². The SMILES string of the molecule is CCC(C)(CC)NCC(O)COCc1ccco1. The van der Waals surface area contributed by atoms with Gasteiger partial charge in [0.05, 0.1) is 19.0 Å². The lowest BCUT2D eigenvalue weighted by Crippen LogP contribution is -2.45. The van der Waals surface area contributed by atoms with Crippen molar-refractivity contribution >= 4 is 0 Å². The van der Waals surface area contributed by atoms with Gasteiger partial charge in [-0.05, 0) is 31.9 Å². The number of hydrogen-bond acceptors (Lipinski definition) is 4. The average molecular weight is 255 g/mol. The van der Waals surface area contributed by atoms with Gasteiger partial charge in [-0.2, -0.15) is 0 Å². The quantitative estimate of drug-likeness (QED) is 0.711. The summed E-state index contributed by atoms with van der Waals surface area (Å²) in [5.41, 5.74) is 0.0992. The van der Waals surface area contributed by atoms with Crippen LogP contribution in [0.1, 0.15) is 39.4 Å². The smallest absolute Gasteiger partial charge is 0.129 e. The van der Waals surface area contributed by atoms with Crippen LogP contribution in [0.5, 0.6) is 0 Å². The van der Waals surface area contributed by atoms with E-state index in [0.29, 0.717) is 19.8 Å². The van der Waals surface area contributed by atoms with Gasteiger partial charge < -0.3 is 19.6 Å². The van der Waals surface area contributed by atoms with E-state index in [2.05, 4.69) is 26.1 Å². The molecule has 0 radical (unpaired) electrons. The van der Waals surface area contributed by atoms with Crippen molar-refractivity contribution in [2.24, 2.45) is 0 Å². The molecule has 0 aliphatic rings. The number of furan rings is 1. The van der Waals surface area contributed by atoms with Crippen LogP contribution in [-0.2, 0) is 11.3 Å². The van der Waals surface area contributed by atoms with Crippen LogP contribution in [0.3, 0.4) is 0 Å². The number of rotatable bonds is 9. The monoisotopic (exact) mass is 255 g/mol. The Bertz CT molecular complexity index is 307. The molecule has 1 atom stereocenters. The lowest BCUT2D eigenvalue weighted by Gasteiger charge is -2.29. The summed E-state index contributed by atoms with van der Waals surface area (Å²) in [6.07, 6.45) is 3.22. The summed E-state index contributed by atoms with van der Waals surface area (Å²) in [6, 6.07) is 3.68. The van der Waals surface area contributed by atoms with E-state index in [0.717, 1.165) is 18.6 Å². The molecule has 0 aromatic carbocycles. The molecule has 0 aliphatic carbocycles. The Morgan fingerprint density at radius 3 is 2.72 bits per heavy atom. The molecule has 1 aromatic heterocycles. The summed E-state index contributed by atoms with van der Waals surface area (Å²) in [5, 5.41) is 13.2. The largest absolute Gasteiger partial charge is 0.467 e. The minimum Gasteiger partial charge on any atom is -0.467 e. The second-order valence-electron chi connectivity index (χ2n) is 4.90. The highest BCUT2D eigenvalue weighted by atomic mass is 16.5. The van der Waals surface area contributed by atoms with Gasteiger partial charge in [-0.15, -0.1) is 0 Å². The third-order valence-electron chi connectivity index (χ3n) is 3.46. The van der Waals surface area contributed by atoms with Crippen molar-refractivity contribution in [3.8, 4) is 0 Å². The van der Waals surface area contributed by atoms with Crippen LogP contribution in [0.2, 0.25) is 0 Å². The molecule has 2 N–H and O–H groups in total. The highest BCUT2D eigenvalue weighted by Crippen LogP contribution is 2.13. The molecular weight excluding hydrogens is 230 g/mol. The molecule has 0 bridgehead atoms. The van der Waals surface area contributed by atoms with Crippen LogP contribution in [-0.4, -0.2) is 29.9 Å². The second-order valence-corrected chi connectivity index (χ2v) is 4.90. The van der Waals surface area contributed by atoms with Crippen LogP contribution >= 0.6 is 0 Å².